The number of aromatic nitrogens is 1. The zero-order chi connectivity index (χ0) is 10.8. The molecule has 0 aliphatic carbocycles. The lowest BCUT2D eigenvalue weighted by molar-refractivity contribution is 1.26. The summed E-state index contributed by atoms with van der Waals surface area (Å²) in [4.78, 5) is 4.13. The molecule has 0 atom stereocenters. The molecule has 15 heavy (non-hydrogen) atoms. The van der Waals surface area contributed by atoms with Crippen LogP contribution in [0.3, 0.4) is 0 Å². The summed E-state index contributed by atoms with van der Waals surface area (Å²) < 4.78 is 1.78. The van der Waals surface area contributed by atoms with Crippen molar-refractivity contribution < 1.29 is 0 Å². The molecular weight excluding hydrogens is 341 g/mol. The summed E-state index contributed by atoms with van der Waals surface area (Å²) in [6.07, 6.45) is 1.77. The van der Waals surface area contributed by atoms with Gasteiger partial charge in [-0.05, 0) is 55.6 Å². The van der Waals surface area contributed by atoms with E-state index in [1.54, 1.807) is 6.20 Å². The Hall–Kier alpha value is -0.380. The van der Waals surface area contributed by atoms with Gasteiger partial charge >= 0.3 is 0 Å². The number of benzene rings is 1. The molecular formula is C11H6Br2ClN. The molecule has 0 unspecified atom stereocenters. The van der Waals surface area contributed by atoms with Gasteiger partial charge in [-0.25, -0.2) is 4.98 Å². The van der Waals surface area contributed by atoms with Gasteiger partial charge in [0.1, 0.15) is 4.60 Å². The summed E-state index contributed by atoms with van der Waals surface area (Å²) in [6.45, 7) is 0. The smallest absolute Gasteiger partial charge is 0.106 e. The van der Waals surface area contributed by atoms with Crippen LogP contribution in [0.25, 0.3) is 11.1 Å². The van der Waals surface area contributed by atoms with E-state index < -0.39 is 0 Å². The highest BCUT2D eigenvalue weighted by Crippen LogP contribution is 2.30. The molecule has 1 aromatic carbocycles. The lowest BCUT2D eigenvalue weighted by atomic mass is 10.1. The Morgan fingerprint density at radius 1 is 1.07 bits per heavy atom. The fourth-order valence-electron chi connectivity index (χ4n) is 1.26. The minimum Gasteiger partial charge on any atom is -0.248 e. The number of hydrogen-bond acceptors (Lipinski definition) is 1. The van der Waals surface area contributed by atoms with E-state index in [1.165, 1.54) is 0 Å². The second-order valence-electron chi connectivity index (χ2n) is 2.99. The molecule has 0 saturated carbocycles. The molecule has 1 heterocycles. The van der Waals surface area contributed by atoms with Gasteiger partial charge in [0.05, 0.1) is 0 Å². The molecule has 1 aromatic heterocycles. The number of halogens is 3. The van der Waals surface area contributed by atoms with Crippen LogP contribution in [0.1, 0.15) is 0 Å². The van der Waals surface area contributed by atoms with Crippen LogP contribution in [0, 0.1) is 0 Å². The number of hydrogen-bond donors (Lipinski definition) is 0. The minimum absolute atomic E-state index is 0.739. The van der Waals surface area contributed by atoms with E-state index in [4.69, 9.17) is 11.6 Å². The van der Waals surface area contributed by atoms with Crippen LogP contribution in [0.2, 0.25) is 5.02 Å². The van der Waals surface area contributed by atoms with Gasteiger partial charge in [-0.15, -0.1) is 0 Å². The third-order valence-electron chi connectivity index (χ3n) is 1.98. The molecule has 0 N–H and O–H groups in total. The first-order valence-corrected chi connectivity index (χ1v) is 6.20. The van der Waals surface area contributed by atoms with Crippen LogP contribution < -0.4 is 0 Å². The highest BCUT2D eigenvalue weighted by molar-refractivity contribution is 9.11. The normalized spacial score (nSPS) is 10.3. The van der Waals surface area contributed by atoms with E-state index in [0.717, 1.165) is 25.2 Å². The van der Waals surface area contributed by atoms with Gasteiger partial charge in [-0.3, -0.25) is 0 Å². The van der Waals surface area contributed by atoms with Gasteiger partial charge in [0.25, 0.3) is 0 Å². The largest absolute Gasteiger partial charge is 0.248 e. The number of rotatable bonds is 1. The second kappa shape index (κ2) is 4.64. The molecule has 0 aliphatic heterocycles. The second-order valence-corrected chi connectivity index (χ2v) is 5.10. The lowest BCUT2D eigenvalue weighted by Crippen LogP contribution is -1.82. The molecule has 0 radical (unpaired) electrons. The molecule has 0 fully saturated rings. The zero-order valence-corrected chi connectivity index (χ0v) is 11.5. The highest BCUT2D eigenvalue weighted by Gasteiger charge is 2.04. The summed E-state index contributed by atoms with van der Waals surface area (Å²) >= 11 is 12.7. The molecule has 0 bridgehead atoms. The maximum atomic E-state index is 5.84. The van der Waals surface area contributed by atoms with E-state index in [1.807, 2.05) is 30.3 Å². The topological polar surface area (TPSA) is 12.9 Å². The Kier molecular flexibility index (Phi) is 3.44. The van der Waals surface area contributed by atoms with Crippen molar-refractivity contribution in [3.63, 3.8) is 0 Å². The summed E-state index contributed by atoms with van der Waals surface area (Å²) in [5, 5.41) is 0.739. The molecule has 0 amide bonds. The fourth-order valence-corrected chi connectivity index (χ4v) is 2.17. The minimum atomic E-state index is 0.739. The predicted molar refractivity (Wildman–Crippen MR) is 70.1 cm³/mol. The average Bonchev–Trinajstić information content (AvgIpc) is 2.23. The SMILES string of the molecule is Clc1ccc(-c2cc(Br)ncc2Br)cc1. The molecule has 76 valence electrons. The third kappa shape index (κ3) is 2.60. The van der Waals surface area contributed by atoms with Crippen molar-refractivity contribution in [1.29, 1.82) is 0 Å². The van der Waals surface area contributed by atoms with Crippen LogP contribution in [0.15, 0.2) is 45.6 Å². The average molecular weight is 347 g/mol. The van der Waals surface area contributed by atoms with Crippen molar-refractivity contribution in [2.45, 2.75) is 0 Å². The summed E-state index contributed by atoms with van der Waals surface area (Å²) in [7, 11) is 0. The van der Waals surface area contributed by atoms with Crippen molar-refractivity contribution in [3.8, 4) is 11.1 Å². The van der Waals surface area contributed by atoms with Gasteiger partial charge in [-0.2, -0.15) is 0 Å². The molecule has 1 nitrogen and oxygen atoms in total. The molecule has 0 spiro atoms. The van der Waals surface area contributed by atoms with E-state index in [9.17, 15) is 0 Å². The van der Waals surface area contributed by atoms with E-state index >= 15 is 0 Å². The molecule has 0 saturated heterocycles. The summed E-state index contributed by atoms with van der Waals surface area (Å²) in [5.74, 6) is 0. The van der Waals surface area contributed by atoms with Crippen molar-refractivity contribution in [2.24, 2.45) is 0 Å². The molecule has 0 aliphatic rings. The van der Waals surface area contributed by atoms with Crippen molar-refractivity contribution in [2.75, 3.05) is 0 Å². The Morgan fingerprint density at radius 3 is 2.40 bits per heavy atom. The third-order valence-corrected chi connectivity index (χ3v) is 3.29. The van der Waals surface area contributed by atoms with E-state index in [-0.39, 0.29) is 0 Å². The summed E-state index contributed by atoms with van der Waals surface area (Å²) in [5.41, 5.74) is 2.20. The zero-order valence-electron chi connectivity index (χ0n) is 7.55. The molecule has 4 heteroatoms. The number of nitrogens with zero attached hydrogens (tertiary/aromatic N) is 1. The Labute approximate surface area is 110 Å². The van der Waals surface area contributed by atoms with Crippen molar-refractivity contribution in [1.82, 2.24) is 4.98 Å². The Balaban J connectivity index is 2.53. The first-order valence-electron chi connectivity index (χ1n) is 4.24. The molecule has 2 aromatic rings. The van der Waals surface area contributed by atoms with Crippen molar-refractivity contribution in [3.05, 3.63) is 50.6 Å². The van der Waals surface area contributed by atoms with Gasteiger partial charge in [0.15, 0.2) is 0 Å². The maximum Gasteiger partial charge on any atom is 0.106 e. The molecule has 2 rings (SSSR count). The highest BCUT2D eigenvalue weighted by atomic mass is 79.9. The number of pyridine rings is 1. The monoisotopic (exact) mass is 345 g/mol. The lowest BCUT2D eigenvalue weighted by Gasteiger charge is -2.04. The first-order chi connectivity index (χ1) is 7.16. The van der Waals surface area contributed by atoms with Crippen LogP contribution >= 0.6 is 43.5 Å². The quantitative estimate of drug-likeness (QED) is 0.667. The maximum absolute atomic E-state index is 5.84. The standard InChI is InChI=1S/C11H6Br2ClN/c12-10-6-15-11(13)5-9(10)7-1-3-8(14)4-2-7/h1-6H. The predicted octanol–water partition coefficient (Wildman–Crippen LogP) is 4.93. The van der Waals surface area contributed by atoms with E-state index in [0.29, 0.717) is 0 Å². The Bertz CT molecular complexity index is 482. The van der Waals surface area contributed by atoms with Gasteiger partial charge < -0.3 is 0 Å². The first kappa shape index (κ1) is 11.1. The Morgan fingerprint density at radius 2 is 1.73 bits per heavy atom. The van der Waals surface area contributed by atoms with Crippen LogP contribution in [0.5, 0.6) is 0 Å². The van der Waals surface area contributed by atoms with Gasteiger partial charge in [-0.1, -0.05) is 23.7 Å². The van der Waals surface area contributed by atoms with Crippen LogP contribution in [-0.2, 0) is 0 Å². The van der Waals surface area contributed by atoms with Crippen molar-refractivity contribution >= 4 is 43.5 Å². The summed E-state index contributed by atoms with van der Waals surface area (Å²) in [6, 6.07) is 9.67. The van der Waals surface area contributed by atoms with Gasteiger partial charge in [0, 0.05) is 21.3 Å². The van der Waals surface area contributed by atoms with Crippen LogP contribution in [-0.4, -0.2) is 4.98 Å². The van der Waals surface area contributed by atoms with E-state index in [2.05, 4.69) is 36.8 Å². The van der Waals surface area contributed by atoms with Crippen LogP contribution in [0.4, 0.5) is 0 Å². The van der Waals surface area contributed by atoms with Gasteiger partial charge in [0.2, 0.25) is 0 Å². The fraction of sp³-hybridized carbons (Fsp3) is 0.